The molecule has 0 spiro atoms. The quantitative estimate of drug-likeness (QED) is 0.389. The van der Waals surface area contributed by atoms with Crippen LogP contribution >= 0.6 is 0 Å². The van der Waals surface area contributed by atoms with Crippen molar-refractivity contribution in [1.82, 2.24) is 30.3 Å². The van der Waals surface area contributed by atoms with Gasteiger partial charge in [-0.05, 0) is 55.4 Å². The van der Waals surface area contributed by atoms with E-state index in [1.165, 1.54) is 0 Å². The molecule has 7 heteroatoms. The average molecular weight is 495 g/mol. The molecule has 4 aromatic rings. The first-order chi connectivity index (χ1) is 17.9. The van der Waals surface area contributed by atoms with Crippen molar-refractivity contribution in [2.45, 2.75) is 26.7 Å². The molecule has 0 unspecified atom stereocenters. The number of pyridine rings is 1. The largest absolute Gasteiger partial charge is 0.340 e. The summed E-state index contributed by atoms with van der Waals surface area (Å²) in [6.07, 6.45) is 0. The van der Waals surface area contributed by atoms with Crippen molar-refractivity contribution in [2.75, 3.05) is 33.2 Å². The van der Waals surface area contributed by atoms with Crippen LogP contribution in [-0.2, 0) is 0 Å². The van der Waals surface area contributed by atoms with Gasteiger partial charge >= 0.3 is 0 Å². The fraction of sp³-hybridized carbons (Fsp3) is 0.300. The highest BCUT2D eigenvalue weighted by atomic mass is 16.2. The molecule has 190 valence electrons. The summed E-state index contributed by atoms with van der Waals surface area (Å²) in [7, 11) is 2.10. The van der Waals surface area contributed by atoms with Crippen molar-refractivity contribution in [3.8, 4) is 33.8 Å². The third kappa shape index (κ3) is 5.63. The SMILES string of the molecule is Cc1cccc(-c2[nH]c(C(C)C)nc2-c2cccc(-c3ccc(C(=O)NN4CCN(C)CC4)cc3)c2)n1. The lowest BCUT2D eigenvalue weighted by molar-refractivity contribution is 0.0662. The van der Waals surface area contributed by atoms with Crippen LogP contribution in [-0.4, -0.2) is 64.0 Å². The maximum absolute atomic E-state index is 12.8. The molecule has 1 saturated heterocycles. The number of likely N-dealkylation sites (N-methyl/N-ethyl adjacent to an activating group) is 1. The minimum absolute atomic E-state index is 0.0714. The number of carbonyl (C=O) groups is 1. The number of amides is 1. The van der Waals surface area contributed by atoms with E-state index < -0.39 is 0 Å². The van der Waals surface area contributed by atoms with Crippen molar-refractivity contribution in [2.24, 2.45) is 0 Å². The Morgan fingerprint density at radius 1 is 0.892 bits per heavy atom. The molecule has 0 atom stereocenters. The van der Waals surface area contributed by atoms with E-state index in [2.05, 4.69) is 60.5 Å². The molecule has 1 fully saturated rings. The Bertz CT molecular complexity index is 1380. The average Bonchev–Trinajstić information content (AvgIpc) is 3.36. The second-order valence-corrected chi connectivity index (χ2v) is 10.1. The number of piperazine rings is 1. The van der Waals surface area contributed by atoms with Crippen molar-refractivity contribution in [3.63, 3.8) is 0 Å². The van der Waals surface area contributed by atoms with Crippen molar-refractivity contribution < 1.29 is 4.79 Å². The topological polar surface area (TPSA) is 77.2 Å². The zero-order valence-electron chi connectivity index (χ0n) is 22.0. The summed E-state index contributed by atoms with van der Waals surface area (Å²) in [5, 5.41) is 2.00. The second-order valence-electron chi connectivity index (χ2n) is 10.1. The number of nitrogens with zero attached hydrogens (tertiary/aromatic N) is 4. The molecular weight excluding hydrogens is 460 g/mol. The second kappa shape index (κ2) is 10.7. The molecule has 1 aliphatic rings. The predicted octanol–water partition coefficient (Wildman–Crippen LogP) is 5.13. The van der Waals surface area contributed by atoms with Crippen LogP contribution in [0.4, 0.5) is 0 Å². The minimum Gasteiger partial charge on any atom is -0.340 e. The summed E-state index contributed by atoms with van der Waals surface area (Å²) in [6.45, 7) is 9.83. The Hall–Kier alpha value is -3.81. The molecule has 37 heavy (non-hydrogen) atoms. The number of nitrogens with one attached hydrogen (secondary N) is 2. The van der Waals surface area contributed by atoms with Gasteiger partial charge < -0.3 is 9.88 Å². The highest BCUT2D eigenvalue weighted by molar-refractivity contribution is 5.94. The molecule has 7 nitrogen and oxygen atoms in total. The number of hydrogen-bond donors (Lipinski definition) is 2. The molecule has 0 radical (unpaired) electrons. The third-order valence-electron chi connectivity index (χ3n) is 6.79. The van der Waals surface area contributed by atoms with Gasteiger partial charge in [-0.2, -0.15) is 0 Å². The Labute approximate surface area is 218 Å². The Morgan fingerprint density at radius 3 is 2.30 bits per heavy atom. The maximum Gasteiger partial charge on any atom is 0.265 e. The summed E-state index contributed by atoms with van der Waals surface area (Å²) in [5.74, 6) is 1.14. The minimum atomic E-state index is -0.0714. The standard InChI is InChI=1S/C30H34N6O/c1-20(2)29-32-27(28(33-29)26-10-5-7-21(3)31-26)25-9-6-8-24(19-25)22-11-13-23(14-12-22)30(37)34-36-17-15-35(4)16-18-36/h5-14,19-20H,15-18H2,1-4H3,(H,32,33)(H,34,37). The van der Waals surface area contributed by atoms with E-state index in [0.717, 1.165) is 71.5 Å². The van der Waals surface area contributed by atoms with E-state index in [0.29, 0.717) is 5.56 Å². The van der Waals surface area contributed by atoms with E-state index >= 15 is 0 Å². The Morgan fingerprint density at radius 2 is 1.59 bits per heavy atom. The van der Waals surface area contributed by atoms with Gasteiger partial charge in [-0.3, -0.25) is 15.2 Å². The fourth-order valence-corrected chi connectivity index (χ4v) is 4.53. The summed E-state index contributed by atoms with van der Waals surface area (Å²) < 4.78 is 0. The number of hydrogen-bond acceptors (Lipinski definition) is 5. The monoisotopic (exact) mass is 494 g/mol. The van der Waals surface area contributed by atoms with Crippen molar-refractivity contribution in [3.05, 3.63) is 83.8 Å². The lowest BCUT2D eigenvalue weighted by Crippen LogP contribution is -2.52. The van der Waals surface area contributed by atoms with Gasteiger partial charge in [0, 0.05) is 48.9 Å². The number of carbonyl (C=O) groups excluding carboxylic acids is 1. The maximum atomic E-state index is 12.8. The molecule has 2 aromatic carbocycles. The highest BCUT2D eigenvalue weighted by Gasteiger charge is 2.19. The van der Waals surface area contributed by atoms with Gasteiger partial charge in [0.05, 0.1) is 17.1 Å². The molecule has 0 aliphatic carbocycles. The summed E-state index contributed by atoms with van der Waals surface area (Å²) in [6, 6.07) is 22.2. The molecule has 0 bridgehead atoms. The number of H-pyrrole nitrogens is 1. The molecule has 0 saturated carbocycles. The van der Waals surface area contributed by atoms with Crippen molar-refractivity contribution >= 4 is 5.91 Å². The van der Waals surface area contributed by atoms with Crippen LogP contribution in [0, 0.1) is 6.92 Å². The Balaban J connectivity index is 1.40. The van der Waals surface area contributed by atoms with Gasteiger partial charge in [0.2, 0.25) is 0 Å². The first-order valence-corrected chi connectivity index (χ1v) is 12.9. The number of hydrazine groups is 1. The van der Waals surface area contributed by atoms with Crippen LogP contribution in [0.25, 0.3) is 33.8 Å². The summed E-state index contributed by atoms with van der Waals surface area (Å²) in [5.41, 5.74) is 10.5. The zero-order valence-corrected chi connectivity index (χ0v) is 22.0. The van der Waals surface area contributed by atoms with Crippen LogP contribution in [0.3, 0.4) is 0 Å². The lowest BCUT2D eigenvalue weighted by atomic mass is 9.99. The van der Waals surface area contributed by atoms with Gasteiger partial charge in [-0.1, -0.05) is 50.2 Å². The first-order valence-electron chi connectivity index (χ1n) is 12.9. The van der Waals surface area contributed by atoms with Crippen LogP contribution < -0.4 is 5.43 Å². The van der Waals surface area contributed by atoms with E-state index in [1.54, 1.807) is 0 Å². The molecule has 3 heterocycles. The van der Waals surface area contributed by atoms with Crippen LogP contribution in [0.5, 0.6) is 0 Å². The molecule has 2 N–H and O–H groups in total. The van der Waals surface area contributed by atoms with Gasteiger partial charge in [0.1, 0.15) is 5.82 Å². The van der Waals surface area contributed by atoms with E-state index in [9.17, 15) is 4.79 Å². The number of aromatic nitrogens is 3. The van der Waals surface area contributed by atoms with Gasteiger partial charge in [0.15, 0.2) is 0 Å². The zero-order chi connectivity index (χ0) is 25.9. The normalized spacial score (nSPS) is 14.7. The van der Waals surface area contributed by atoms with Gasteiger partial charge in [-0.15, -0.1) is 0 Å². The number of rotatable bonds is 6. The number of benzene rings is 2. The first kappa shape index (κ1) is 24.9. The number of aryl methyl sites for hydroxylation is 1. The molecular formula is C30H34N6O. The van der Waals surface area contributed by atoms with Gasteiger partial charge in [0.25, 0.3) is 5.91 Å². The van der Waals surface area contributed by atoms with Crippen LogP contribution in [0.1, 0.15) is 41.6 Å². The van der Waals surface area contributed by atoms with E-state index in [4.69, 9.17) is 9.97 Å². The van der Waals surface area contributed by atoms with E-state index in [-0.39, 0.29) is 11.8 Å². The van der Waals surface area contributed by atoms with Crippen LogP contribution in [0.2, 0.25) is 0 Å². The predicted molar refractivity (Wildman–Crippen MR) is 148 cm³/mol. The Kier molecular flexibility index (Phi) is 7.17. The third-order valence-corrected chi connectivity index (χ3v) is 6.79. The summed E-state index contributed by atoms with van der Waals surface area (Å²) >= 11 is 0. The van der Waals surface area contributed by atoms with Crippen LogP contribution in [0.15, 0.2) is 66.7 Å². The number of aromatic amines is 1. The fourth-order valence-electron chi connectivity index (χ4n) is 4.53. The van der Waals surface area contributed by atoms with Crippen molar-refractivity contribution in [1.29, 1.82) is 0 Å². The summed E-state index contributed by atoms with van der Waals surface area (Å²) in [4.78, 5) is 28.2. The molecule has 1 aliphatic heterocycles. The van der Waals surface area contributed by atoms with E-state index in [1.807, 2.05) is 54.4 Å². The number of imidazole rings is 1. The smallest absolute Gasteiger partial charge is 0.265 e. The molecule has 5 rings (SSSR count). The molecule has 2 aromatic heterocycles. The highest BCUT2D eigenvalue weighted by Crippen LogP contribution is 2.33. The lowest BCUT2D eigenvalue weighted by Gasteiger charge is -2.32. The van der Waals surface area contributed by atoms with Gasteiger partial charge in [-0.25, -0.2) is 9.99 Å². The molecule has 1 amide bonds.